The minimum atomic E-state index is -0.428. The number of aliphatic hydroxyl groups excluding tert-OH is 1. The van der Waals surface area contributed by atoms with Crippen LogP contribution < -0.4 is 0 Å². The molecule has 0 amide bonds. The summed E-state index contributed by atoms with van der Waals surface area (Å²) >= 11 is 5.58. The minimum Gasteiger partial charge on any atom is -0.392 e. The number of hydrogen-bond acceptors (Lipinski definition) is 1. The maximum Gasteiger partial charge on any atom is 0.142 e. The lowest BCUT2D eigenvalue weighted by atomic mass is 9.97. The highest BCUT2D eigenvalue weighted by Gasteiger charge is 2.10. The second kappa shape index (κ2) is 4.07. The zero-order chi connectivity index (χ0) is 10.0. The second-order valence-corrected chi connectivity index (χ2v) is 3.69. The molecule has 0 saturated heterocycles. The quantitative estimate of drug-likeness (QED) is 0.782. The van der Waals surface area contributed by atoms with E-state index in [-0.39, 0.29) is 17.5 Å². The van der Waals surface area contributed by atoms with Crippen LogP contribution in [0.2, 0.25) is 5.02 Å². The largest absolute Gasteiger partial charge is 0.392 e. The third-order valence-electron chi connectivity index (χ3n) is 1.97. The standard InChI is InChI=1S/C10H12ClFO/c1-6(2)8-4-10(12)9(11)3-7(8)5-13/h3-4,6,13H,5H2,1-2H3. The molecular formula is C10H12ClFO. The van der Waals surface area contributed by atoms with Gasteiger partial charge in [-0.2, -0.15) is 0 Å². The molecule has 0 radical (unpaired) electrons. The van der Waals surface area contributed by atoms with E-state index in [0.717, 1.165) is 5.56 Å². The summed E-state index contributed by atoms with van der Waals surface area (Å²) in [6.45, 7) is 3.79. The van der Waals surface area contributed by atoms with Crippen LogP contribution in [0.4, 0.5) is 4.39 Å². The highest BCUT2D eigenvalue weighted by atomic mass is 35.5. The maximum atomic E-state index is 13.0. The summed E-state index contributed by atoms with van der Waals surface area (Å²) in [5, 5.41) is 9.06. The molecule has 0 aliphatic rings. The van der Waals surface area contributed by atoms with Gasteiger partial charge in [0.1, 0.15) is 5.82 Å². The first kappa shape index (κ1) is 10.5. The van der Waals surface area contributed by atoms with Crippen molar-refractivity contribution in [3.05, 3.63) is 34.1 Å². The van der Waals surface area contributed by atoms with Crippen LogP contribution in [0.3, 0.4) is 0 Å². The topological polar surface area (TPSA) is 20.2 Å². The lowest BCUT2D eigenvalue weighted by Gasteiger charge is -2.11. The summed E-state index contributed by atoms with van der Waals surface area (Å²) in [6, 6.07) is 2.87. The molecule has 1 rings (SSSR count). The molecule has 1 nitrogen and oxygen atoms in total. The number of aliphatic hydroxyl groups is 1. The first-order valence-electron chi connectivity index (χ1n) is 4.15. The van der Waals surface area contributed by atoms with Crippen molar-refractivity contribution < 1.29 is 9.50 Å². The molecule has 0 spiro atoms. The van der Waals surface area contributed by atoms with Gasteiger partial charge < -0.3 is 5.11 Å². The Morgan fingerprint density at radius 1 is 1.46 bits per heavy atom. The van der Waals surface area contributed by atoms with E-state index in [1.165, 1.54) is 12.1 Å². The Kier molecular flexibility index (Phi) is 3.28. The molecule has 0 fully saturated rings. The van der Waals surface area contributed by atoms with Crippen LogP contribution in [0.25, 0.3) is 0 Å². The molecular weight excluding hydrogens is 191 g/mol. The smallest absolute Gasteiger partial charge is 0.142 e. The molecule has 13 heavy (non-hydrogen) atoms. The van der Waals surface area contributed by atoms with Crippen molar-refractivity contribution in [2.75, 3.05) is 0 Å². The van der Waals surface area contributed by atoms with E-state index in [1.807, 2.05) is 13.8 Å². The van der Waals surface area contributed by atoms with E-state index in [9.17, 15) is 4.39 Å². The van der Waals surface area contributed by atoms with E-state index in [4.69, 9.17) is 16.7 Å². The van der Waals surface area contributed by atoms with Gasteiger partial charge in [0, 0.05) is 0 Å². The molecule has 0 heterocycles. The Bertz CT molecular complexity index is 310. The Labute approximate surface area is 82.2 Å². The van der Waals surface area contributed by atoms with Gasteiger partial charge in [0.25, 0.3) is 0 Å². The molecule has 1 aromatic carbocycles. The number of benzene rings is 1. The van der Waals surface area contributed by atoms with E-state index < -0.39 is 5.82 Å². The van der Waals surface area contributed by atoms with Crippen LogP contribution in [0.5, 0.6) is 0 Å². The van der Waals surface area contributed by atoms with Gasteiger partial charge in [-0.3, -0.25) is 0 Å². The summed E-state index contributed by atoms with van der Waals surface area (Å²) in [4.78, 5) is 0. The van der Waals surface area contributed by atoms with Crippen molar-refractivity contribution in [1.29, 1.82) is 0 Å². The van der Waals surface area contributed by atoms with Gasteiger partial charge in [0.2, 0.25) is 0 Å². The minimum absolute atomic E-state index is 0.0634. The summed E-state index contributed by atoms with van der Waals surface area (Å²) in [5.41, 5.74) is 1.51. The van der Waals surface area contributed by atoms with Crippen LogP contribution in [0, 0.1) is 5.82 Å². The van der Waals surface area contributed by atoms with Crippen molar-refractivity contribution in [3.8, 4) is 0 Å². The molecule has 0 aliphatic heterocycles. The highest BCUT2D eigenvalue weighted by molar-refractivity contribution is 6.30. The normalized spacial score (nSPS) is 10.9. The Hall–Kier alpha value is -0.600. The van der Waals surface area contributed by atoms with E-state index >= 15 is 0 Å². The van der Waals surface area contributed by atoms with Crippen molar-refractivity contribution >= 4 is 11.6 Å². The third-order valence-corrected chi connectivity index (χ3v) is 2.26. The van der Waals surface area contributed by atoms with Crippen LogP contribution in [0.1, 0.15) is 30.9 Å². The van der Waals surface area contributed by atoms with Crippen LogP contribution in [-0.4, -0.2) is 5.11 Å². The molecule has 0 aliphatic carbocycles. The van der Waals surface area contributed by atoms with Gasteiger partial charge in [0.15, 0.2) is 0 Å². The second-order valence-electron chi connectivity index (χ2n) is 3.28. The van der Waals surface area contributed by atoms with Crippen LogP contribution >= 0.6 is 11.6 Å². The molecule has 3 heteroatoms. The van der Waals surface area contributed by atoms with Crippen molar-refractivity contribution in [1.82, 2.24) is 0 Å². The fraction of sp³-hybridized carbons (Fsp3) is 0.400. The predicted octanol–water partition coefficient (Wildman–Crippen LogP) is 3.09. The molecule has 1 aromatic rings. The zero-order valence-electron chi connectivity index (χ0n) is 7.64. The zero-order valence-corrected chi connectivity index (χ0v) is 8.40. The predicted molar refractivity (Wildman–Crippen MR) is 51.4 cm³/mol. The average Bonchev–Trinajstić information content (AvgIpc) is 2.08. The fourth-order valence-corrected chi connectivity index (χ4v) is 1.46. The van der Waals surface area contributed by atoms with Crippen LogP contribution in [-0.2, 0) is 6.61 Å². The SMILES string of the molecule is CC(C)c1cc(F)c(Cl)cc1CO. The summed E-state index contributed by atoms with van der Waals surface area (Å²) in [5.74, 6) is -0.239. The van der Waals surface area contributed by atoms with Gasteiger partial charge in [-0.15, -0.1) is 0 Å². The summed E-state index contributed by atoms with van der Waals surface area (Å²) in [6.07, 6.45) is 0. The third kappa shape index (κ3) is 2.20. The molecule has 0 bridgehead atoms. The monoisotopic (exact) mass is 202 g/mol. The lowest BCUT2D eigenvalue weighted by Crippen LogP contribution is -1.98. The molecule has 0 aromatic heterocycles. The Morgan fingerprint density at radius 3 is 2.54 bits per heavy atom. The Morgan fingerprint density at radius 2 is 2.08 bits per heavy atom. The number of hydrogen-bond donors (Lipinski definition) is 1. The van der Waals surface area contributed by atoms with Gasteiger partial charge >= 0.3 is 0 Å². The summed E-state index contributed by atoms with van der Waals surface area (Å²) in [7, 11) is 0. The van der Waals surface area contributed by atoms with Crippen molar-refractivity contribution in [3.63, 3.8) is 0 Å². The molecule has 0 unspecified atom stereocenters. The molecule has 0 atom stereocenters. The average molecular weight is 203 g/mol. The van der Waals surface area contributed by atoms with Gasteiger partial charge in [0.05, 0.1) is 11.6 Å². The Balaban J connectivity index is 3.25. The molecule has 0 saturated carbocycles. The molecule has 72 valence electrons. The van der Waals surface area contributed by atoms with E-state index in [0.29, 0.717) is 5.56 Å². The van der Waals surface area contributed by atoms with Gasteiger partial charge in [-0.05, 0) is 29.2 Å². The first-order chi connectivity index (χ1) is 6.06. The lowest BCUT2D eigenvalue weighted by molar-refractivity contribution is 0.280. The van der Waals surface area contributed by atoms with Crippen molar-refractivity contribution in [2.24, 2.45) is 0 Å². The van der Waals surface area contributed by atoms with E-state index in [1.54, 1.807) is 0 Å². The van der Waals surface area contributed by atoms with Gasteiger partial charge in [-0.1, -0.05) is 25.4 Å². The molecule has 1 N–H and O–H groups in total. The summed E-state index contributed by atoms with van der Waals surface area (Å²) < 4.78 is 13.0. The number of rotatable bonds is 2. The van der Waals surface area contributed by atoms with Crippen molar-refractivity contribution in [2.45, 2.75) is 26.4 Å². The first-order valence-corrected chi connectivity index (χ1v) is 4.52. The van der Waals surface area contributed by atoms with Gasteiger partial charge in [-0.25, -0.2) is 4.39 Å². The van der Waals surface area contributed by atoms with E-state index in [2.05, 4.69) is 0 Å². The number of halogens is 2. The maximum absolute atomic E-state index is 13.0. The fourth-order valence-electron chi connectivity index (χ4n) is 1.28. The highest BCUT2D eigenvalue weighted by Crippen LogP contribution is 2.25. The van der Waals surface area contributed by atoms with Crippen LogP contribution in [0.15, 0.2) is 12.1 Å².